The Morgan fingerprint density at radius 2 is 1.78 bits per heavy atom. The summed E-state index contributed by atoms with van der Waals surface area (Å²) in [6.07, 6.45) is 1.85. The standard InChI is InChI=1S/C25H32N4O3/c1-16(2)29-20-14-18(13-19(23(30)32-6)22(20)25(3,4)24(29)31)17-7-8-21(26-15-17)28-11-9-27(5)10-12-28/h7-8,13-16H,9-12H2,1-6H3. The summed E-state index contributed by atoms with van der Waals surface area (Å²) < 4.78 is 5.09. The van der Waals surface area contributed by atoms with E-state index in [2.05, 4.69) is 16.8 Å². The van der Waals surface area contributed by atoms with E-state index >= 15 is 0 Å². The van der Waals surface area contributed by atoms with Gasteiger partial charge in [-0.25, -0.2) is 9.78 Å². The molecule has 1 saturated heterocycles. The molecule has 7 nitrogen and oxygen atoms in total. The Balaban J connectivity index is 1.78. The molecule has 1 fully saturated rings. The second-order valence-corrected chi connectivity index (χ2v) is 9.50. The number of anilines is 2. The van der Waals surface area contributed by atoms with Crippen molar-refractivity contribution >= 4 is 23.4 Å². The number of nitrogens with zero attached hydrogens (tertiary/aromatic N) is 4. The van der Waals surface area contributed by atoms with E-state index in [0.29, 0.717) is 5.56 Å². The normalized spacial score (nSPS) is 18.3. The Kier molecular flexibility index (Phi) is 5.71. The lowest BCUT2D eigenvalue weighted by Crippen LogP contribution is -2.44. The van der Waals surface area contributed by atoms with Crippen LogP contribution in [0.1, 0.15) is 43.6 Å². The van der Waals surface area contributed by atoms with Crippen LogP contribution in [0, 0.1) is 0 Å². The van der Waals surface area contributed by atoms with Gasteiger partial charge in [0, 0.05) is 55.2 Å². The highest BCUT2D eigenvalue weighted by Gasteiger charge is 2.47. The average molecular weight is 437 g/mol. The average Bonchev–Trinajstić information content (AvgIpc) is 2.98. The molecule has 170 valence electrons. The van der Waals surface area contributed by atoms with Crippen LogP contribution in [0.4, 0.5) is 11.5 Å². The van der Waals surface area contributed by atoms with Crippen molar-refractivity contribution in [1.82, 2.24) is 9.88 Å². The highest BCUT2D eigenvalue weighted by Crippen LogP contribution is 2.46. The first-order chi connectivity index (χ1) is 15.1. The topological polar surface area (TPSA) is 66.0 Å². The van der Waals surface area contributed by atoms with E-state index in [1.54, 1.807) is 4.90 Å². The number of pyridine rings is 1. The molecular weight excluding hydrogens is 404 g/mol. The molecule has 2 aliphatic heterocycles. The van der Waals surface area contributed by atoms with Gasteiger partial charge in [0.1, 0.15) is 5.82 Å². The van der Waals surface area contributed by atoms with Crippen LogP contribution in [0.3, 0.4) is 0 Å². The van der Waals surface area contributed by atoms with E-state index in [1.165, 1.54) is 7.11 Å². The molecule has 1 aromatic carbocycles. The third kappa shape index (κ3) is 3.64. The summed E-state index contributed by atoms with van der Waals surface area (Å²) in [6, 6.07) is 7.87. The second-order valence-electron chi connectivity index (χ2n) is 9.50. The number of hydrogen-bond donors (Lipinski definition) is 0. The van der Waals surface area contributed by atoms with E-state index in [0.717, 1.165) is 54.4 Å². The predicted octanol–water partition coefficient (Wildman–Crippen LogP) is 3.32. The zero-order valence-electron chi connectivity index (χ0n) is 19.8. The van der Waals surface area contributed by atoms with Crippen molar-refractivity contribution in [2.45, 2.75) is 39.2 Å². The number of carbonyl (C=O) groups is 2. The molecule has 2 aromatic rings. The summed E-state index contributed by atoms with van der Waals surface area (Å²) in [5.41, 5.74) is 2.88. The van der Waals surface area contributed by atoms with Crippen LogP contribution in [-0.4, -0.2) is 68.1 Å². The van der Waals surface area contributed by atoms with Crippen molar-refractivity contribution in [3.8, 4) is 11.1 Å². The van der Waals surface area contributed by atoms with Gasteiger partial charge in [-0.3, -0.25) is 4.79 Å². The van der Waals surface area contributed by atoms with Crippen LogP contribution in [0.5, 0.6) is 0 Å². The van der Waals surface area contributed by atoms with Crippen LogP contribution in [0.2, 0.25) is 0 Å². The number of aromatic nitrogens is 1. The number of fused-ring (bicyclic) bond motifs is 1. The molecule has 0 radical (unpaired) electrons. The monoisotopic (exact) mass is 436 g/mol. The van der Waals surface area contributed by atoms with Gasteiger partial charge in [-0.1, -0.05) is 0 Å². The van der Waals surface area contributed by atoms with Crippen molar-refractivity contribution in [2.24, 2.45) is 0 Å². The fourth-order valence-electron chi connectivity index (χ4n) is 4.72. The Morgan fingerprint density at radius 1 is 1.09 bits per heavy atom. The van der Waals surface area contributed by atoms with Gasteiger partial charge in [0.2, 0.25) is 5.91 Å². The summed E-state index contributed by atoms with van der Waals surface area (Å²) in [7, 11) is 3.50. The van der Waals surface area contributed by atoms with Crippen LogP contribution in [0.25, 0.3) is 11.1 Å². The number of esters is 1. The number of benzene rings is 1. The lowest BCUT2D eigenvalue weighted by Gasteiger charge is -2.33. The zero-order valence-corrected chi connectivity index (χ0v) is 19.8. The quantitative estimate of drug-likeness (QED) is 0.685. The van der Waals surface area contributed by atoms with Crippen LogP contribution in [0.15, 0.2) is 30.5 Å². The van der Waals surface area contributed by atoms with Crippen LogP contribution >= 0.6 is 0 Å². The number of likely N-dealkylation sites (N-methyl/N-ethyl adjacent to an activating group) is 1. The third-order valence-corrected chi connectivity index (χ3v) is 6.59. The molecule has 0 spiro atoms. The number of rotatable bonds is 4. The molecule has 4 rings (SSSR count). The number of methoxy groups -OCH3 is 1. The Labute approximate surface area is 190 Å². The van der Waals surface area contributed by atoms with Gasteiger partial charge in [-0.15, -0.1) is 0 Å². The van der Waals surface area contributed by atoms with E-state index in [9.17, 15) is 9.59 Å². The van der Waals surface area contributed by atoms with Gasteiger partial charge in [-0.05, 0) is 64.6 Å². The maximum Gasteiger partial charge on any atom is 0.338 e. The van der Waals surface area contributed by atoms with E-state index < -0.39 is 11.4 Å². The van der Waals surface area contributed by atoms with Crippen molar-refractivity contribution in [1.29, 1.82) is 0 Å². The van der Waals surface area contributed by atoms with Crippen molar-refractivity contribution in [2.75, 3.05) is 50.1 Å². The lowest BCUT2D eigenvalue weighted by atomic mass is 9.82. The molecule has 0 bridgehead atoms. The van der Waals surface area contributed by atoms with Gasteiger partial charge in [0.05, 0.1) is 18.1 Å². The highest BCUT2D eigenvalue weighted by molar-refractivity contribution is 6.12. The molecule has 7 heteroatoms. The summed E-state index contributed by atoms with van der Waals surface area (Å²) >= 11 is 0. The smallest absolute Gasteiger partial charge is 0.338 e. The summed E-state index contributed by atoms with van der Waals surface area (Å²) in [4.78, 5) is 37.1. The number of carbonyl (C=O) groups excluding carboxylic acids is 2. The summed E-state index contributed by atoms with van der Waals surface area (Å²) in [5, 5.41) is 0. The first-order valence-electron chi connectivity index (χ1n) is 11.2. The molecule has 0 aliphatic carbocycles. The number of amides is 1. The molecule has 3 heterocycles. The second kappa shape index (κ2) is 8.20. The van der Waals surface area contributed by atoms with Crippen molar-refractivity contribution in [3.63, 3.8) is 0 Å². The molecule has 1 aromatic heterocycles. The molecule has 1 amide bonds. The number of piperazine rings is 1. The summed E-state index contributed by atoms with van der Waals surface area (Å²) in [6.45, 7) is 11.7. The molecule has 2 aliphatic rings. The summed E-state index contributed by atoms with van der Waals surface area (Å²) in [5.74, 6) is 0.515. The van der Waals surface area contributed by atoms with Crippen LogP contribution in [-0.2, 0) is 14.9 Å². The maximum absolute atomic E-state index is 13.2. The highest BCUT2D eigenvalue weighted by atomic mass is 16.5. The molecule has 0 N–H and O–H groups in total. The molecule has 0 unspecified atom stereocenters. The van der Waals surface area contributed by atoms with Crippen molar-refractivity contribution < 1.29 is 14.3 Å². The lowest BCUT2D eigenvalue weighted by molar-refractivity contribution is -0.122. The van der Waals surface area contributed by atoms with Gasteiger partial charge in [0.25, 0.3) is 0 Å². The minimum Gasteiger partial charge on any atom is -0.465 e. The predicted molar refractivity (Wildman–Crippen MR) is 126 cm³/mol. The van der Waals surface area contributed by atoms with Crippen molar-refractivity contribution in [3.05, 3.63) is 41.6 Å². The zero-order chi connectivity index (χ0) is 23.2. The van der Waals surface area contributed by atoms with E-state index in [4.69, 9.17) is 9.72 Å². The molecule has 32 heavy (non-hydrogen) atoms. The minimum atomic E-state index is -0.800. The van der Waals surface area contributed by atoms with Gasteiger partial charge >= 0.3 is 5.97 Å². The van der Waals surface area contributed by atoms with Crippen LogP contribution < -0.4 is 9.80 Å². The molecule has 0 atom stereocenters. The minimum absolute atomic E-state index is 0.00616. The third-order valence-electron chi connectivity index (χ3n) is 6.59. The first kappa shape index (κ1) is 22.3. The Morgan fingerprint density at radius 3 is 2.34 bits per heavy atom. The van der Waals surface area contributed by atoms with E-state index in [-0.39, 0.29) is 11.9 Å². The number of hydrogen-bond acceptors (Lipinski definition) is 6. The van der Waals surface area contributed by atoms with Gasteiger partial charge < -0.3 is 19.4 Å². The largest absolute Gasteiger partial charge is 0.465 e. The van der Waals surface area contributed by atoms with E-state index in [1.807, 2.05) is 58.2 Å². The maximum atomic E-state index is 13.2. The van der Waals surface area contributed by atoms with Gasteiger partial charge in [0.15, 0.2) is 0 Å². The SMILES string of the molecule is COC(=O)c1cc(-c2ccc(N3CCN(C)CC3)nc2)cc2c1C(C)(C)C(=O)N2C(C)C. The fraction of sp³-hybridized carbons (Fsp3) is 0.480. The first-order valence-corrected chi connectivity index (χ1v) is 11.2. The Bertz CT molecular complexity index is 1040. The molecular formula is C25H32N4O3. The Hall–Kier alpha value is -2.93. The number of ether oxygens (including phenoxy) is 1. The molecule has 0 saturated carbocycles. The van der Waals surface area contributed by atoms with Gasteiger partial charge in [-0.2, -0.15) is 0 Å². The fourth-order valence-corrected chi connectivity index (χ4v) is 4.72.